The summed E-state index contributed by atoms with van der Waals surface area (Å²) in [4.78, 5) is 12.9. The van der Waals surface area contributed by atoms with Gasteiger partial charge in [0.15, 0.2) is 0 Å². The number of hydrogen-bond donors (Lipinski definition) is 2. The van der Waals surface area contributed by atoms with Gasteiger partial charge in [0, 0.05) is 30.7 Å². The minimum absolute atomic E-state index is 0.131. The number of carbonyl (C=O) groups excluding carboxylic acids is 1. The molecule has 1 saturated carbocycles. The fourth-order valence-corrected chi connectivity index (χ4v) is 3.90. The number of phenolic OH excluding ortho intramolecular Hbond substituents is 1. The molecule has 5 heteroatoms. The van der Waals surface area contributed by atoms with Crippen molar-refractivity contribution >= 4 is 33.5 Å². The smallest absolute Gasteiger partial charge is 0.272 e. The van der Waals surface area contributed by atoms with Crippen LogP contribution in [-0.2, 0) is 13.6 Å². The molecule has 0 radical (unpaired) electrons. The first-order valence-corrected chi connectivity index (χ1v) is 9.29. The number of carbonyl (C=O) groups is 1. The number of benzene rings is 2. The second kappa shape index (κ2) is 5.91. The van der Waals surface area contributed by atoms with Crippen molar-refractivity contribution in [2.24, 2.45) is 13.0 Å². The van der Waals surface area contributed by atoms with Gasteiger partial charge in [0.2, 0.25) is 0 Å². The van der Waals surface area contributed by atoms with E-state index in [1.54, 1.807) is 24.3 Å². The molecule has 27 heavy (non-hydrogen) atoms. The SMILES string of the molecule is Cn1c(C(=O)Nc2cccc(O)c2)cc2c1c1ccccc1n2CC1CC1. The number of aromatic nitrogens is 2. The third kappa shape index (κ3) is 2.67. The highest BCUT2D eigenvalue weighted by Gasteiger charge is 2.26. The zero-order valence-electron chi connectivity index (χ0n) is 15.1. The van der Waals surface area contributed by atoms with Crippen LogP contribution in [-0.4, -0.2) is 20.1 Å². The summed E-state index contributed by atoms with van der Waals surface area (Å²) in [7, 11) is 1.94. The van der Waals surface area contributed by atoms with Crippen LogP contribution in [0.3, 0.4) is 0 Å². The zero-order chi connectivity index (χ0) is 18.5. The maximum Gasteiger partial charge on any atom is 0.272 e. The molecule has 1 aliphatic carbocycles. The lowest BCUT2D eigenvalue weighted by atomic mass is 10.2. The van der Waals surface area contributed by atoms with Crippen molar-refractivity contribution in [3.05, 3.63) is 60.3 Å². The second-order valence-electron chi connectivity index (χ2n) is 7.40. The Labute approximate surface area is 156 Å². The second-order valence-corrected chi connectivity index (χ2v) is 7.40. The van der Waals surface area contributed by atoms with E-state index in [4.69, 9.17) is 0 Å². The number of hydrogen-bond acceptors (Lipinski definition) is 2. The van der Waals surface area contributed by atoms with Crippen molar-refractivity contribution in [1.29, 1.82) is 0 Å². The van der Waals surface area contributed by atoms with Gasteiger partial charge < -0.3 is 19.6 Å². The molecule has 1 amide bonds. The summed E-state index contributed by atoms with van der Waals surface area (Å²) in [6, 6.07) is 17.0. The van der Waals surface area contributed by atoms with E-state index in [-0.39, 0.29) is 11.7 Å². The molecule has 0 saturated heterocycles. The van der Waals surface area contributed by atoms with E-state index in [1.807, 2.05) is 23.7 Å². The summed E-state index contributed by atoms with van der Waals surface area (Å²) in [5.74, 6) is 0.696. The first kappa shape index (κ1) is 16.0. The number of aromatic hydroxyl groups is 1. The minimum atomic E-state index is -0.179. The molecule has 136 valence electrons. The fraction of sp³-hybridized carbons (Fsp3) is 0.227. The van der Waals surface area contributed by atoms with Crippen LogP contribution in [0.1, 0.15) is 23.3 Å². The van der Waals surface area contributed by atoms with E-state index in [0.29, 0.717) is 11.4 Å². The van der Waals surface area contributed by atoms with Crippen LogP contribution in [0, 0.1) is 5.92 Å². The van der Waals surface area contributed by atoms with E-state index >= 15 is 0 Å². The number of phenols is 1. The molecule has 0 spiro atoms. The number of amides is 1. The van der Waals surface area contributed by atoms with Gasteiger partial charge in [-0.25, -0.2) is 0 Å². The summed E-state index contributed by atoms with van der Waals surface area (Å²) in [5, 5.41) is 13.7. The van der Waals surface area contributed by atoms with E-state index < -0.39 is 0 Å². The number of para-hydroxylation sites is 1. The number of rotatable bonds is 4. The lowest BCUT2D eigenvalue weighted by Gasteiger charge is -2.08. The Morgan fingerprint density at radius 1 is 1.11 bits per heavy atom. The Balaban J connectivity index is 1.61. The van der Waals surface area contributed by atoms with Gasteiger partial charge in [-0.3, -0.25) is 4.79 Å². The average molecular weight is 359 g/mol. The number of fused-ring (bicyclic) bond motifs is 3. The standard InChI is InChI=1S/C22H21N3O2/c1-24-20(22(27)23-15-5-4-6-16(26)11-15)12-19-21(24)17-7-2-3-8-18(17)25(19)13-14-9-10-14/h2-8,11-12,14,26H,9-10,13H2,1H3,(H,23,27). The van der Waals surface area contributed by atoms with Gasteiger partial charge >= 0.3 is 0 Å². The molecular formula is C22H21N3O2. The predicted octanol–water partition coefficient (Wildman–Crippen LogP) is 4.50. The molecule has 4 aromatic rings. The van der Waals surface area contributed by atoms with Crippen molar-refractivity contribution in [3.63, 3.8) is 0 Å². The van der Waals surface area contributed by atoms with E-state index in [2.05, 4.69) is 28.1 Å². The van der Waals surface area contributed by atoms with Crippen molar-refractivity contribution in [2.45, 2.75) is 19.4 Å². The summed E-state index contributed by atoms with van der Waals surface area (Å²) in [6.07, 6.45) is 2.57. The Kier molecular flexibility index (Phi) is 3.50. The largest absolute Gasteiger partial charge is 0.508 e. The Bertz CT molecular complexity index is 1180. The maximum atomic E-state index is 12.9. The highest BCUT2D eigenvalue weighted by molar-refractivity contribution is 6.12. The highest BCUT2D eigenvalue weighted by atomic mass is 16.3. The third-order valence-electron chi connectivity index (χ3n) is 5.43. The summed E-state index contributed by atoms with van der Waals surface area (Å²) >= 11 is 0. The van der Waals surface area contributed by atoms with Crippen molar-refractivity contribution in [3.8, 4) is 5.75 Å². The first-order valence-electron chi connectivity index (χ1n) is 9.29. The van der Waals surface area contributed by atoms with Gasteiger partial charge in [-0.1, -0.05) is 24.3 Å². The lowest BCUT2D eigenvalue weighted by Crippen LogP contribution is -2.15. The molecule has 0 bridgehead atoms. The molecule has 2 heterocycles. The van der Waals surface area contributed by atoms with Gasteiger partial charge in [-0.2, -0.15) is 0 Å². The predicted molar refractivity (Wildman–Crippen MR) is 107 cm³/mol. The summed E-state index contributed by atoms with van der Waals surface area (Å²) < 4.78 is 4.33. The number of nitrogens with one attached hydrogen (secondary N) is 1. The third-order valence-corrected chi connectivity index (χ3v) is 5.43. The molecular weight excluding hydrogens is 338 g/mol. The Morgan fingerprint density at radius 3 is 2.70 bits per heavy atom. The van der Waals surface area contributed by atoms with E-state index in [9.17, 15) is 9.90 Å². The monoisotopic (exact) mass is 359 g/mol. The Morgan fingerprint density at radius 2 is 1.93 bits per heavy atom. The lowest BCUT2D eigenvalue weighted by molar-refractivity contribution is 0.102. The van der Waals surface area contributed by atoms with Gasteiger partial charge in [0.25, 0.3) is 5.91 Å². The molecule has 2 N–H and O–H groups in total. The first-order chi connectivity index (χ1) is 13.1. The average Bonchev–Trinajstić information content (AvgIpc) is 3.33. The van der Waals surface area contributed by atoms with Gasteiger partial charge in [0.1, 0.15) is 11.4 Å². The van der Waals surface area contributed by atoms with Crippen LogP contribution in [0.4, 0.5) is 5.69 Å². The molecule has 2 aromatic carbocycles. The molecule has 5 rings (SSSR count). The molecule has 0 unspecified atom stereocenters. The van der Waals surface area contributed by atoms with Crippen LogP contribution in [0.15, 0.2) is 54.6 Å². The van der Waals surface area contributed by atoms with Crippen LogP contribution < -0.4 is 5.32 Å². The topological polar surface area (TPSA) is 59.2 Å². The Hall–Kier alpha value is -3.21. The van der Waals surface area contributed by atoms with Crippen LogP contribution in [0.5, 0.6) is 5.75 Å². The van der Waals surface area contributed by atoms with Gasteiger partial charge in [-0.05, 0) is 43.0 Å². The van der Waals surface area contributed by atoms with Crippen molar-refractivity contribution in [2.75, 3.05) is 5.32 Å². The van der Waals surface area contributed by atoms with Crippen LogP contribution in [0.2, 0.25) is 0 Å². The molecule has 1 fully saturated rings. The van der Waals surface area contributed by atoms with E-state index in [0.717, 1.165) is 23.5 Å². The fourth-order valence-electron chi connectivity index (χ4n) is 3.90. The normalized spacial score (nSPS) is 14.1. The van der Waals surface area contributed by atoms with E-state index in [1.165, 1.54) is 23.7 Å². The van der Waals surface area contributed by atoms with Gasteiger partial charge in [-0.15, -0.1) is 0 Å². The van der Waals surface area contributed by atoms with Crippen LogP contribution >= 0.6 is 0 Å². The number of nitrogens with zero attached hydrogens (tertiary/aromatic N) is 2. The molecule has 0 aliphatic heterocycles. The van der Waals surface area contributed by atoms with Gasteiger partial charge in [0.05, 0.1) is 16.6 Å². The summed E-state index contributed by atoms with van der Waals surface area (Å²) in [6.45, 7) is 1.00. The molecule has 2 aromatic heterocycles. The van der Waals surface area contributed by atoms with Crippen molar-refractivity contribution < 1.29 is 9.90 Å². The minimum Gasteiger partial charge on any atom is -0.508 e. The maximum absolute atomic E-state index is 12.9. The van der Waals surface area contributed by atoms with Crippen molar-refractivity contribution in [1.82, 2.24) is 9.13 Å². The molecule has 5 nitrogen and oxygen atoms in total. The quantitative estimate of drug-likeness (QED) is 0.564. The molecule has 0 atom stereocenters. The number of aryl methyl sites for hydroxylation is 1. The van der Waals surface area contributed by atoms with Crippen LogP contribution in [0.25, 0.3) is 21.9 Å². The zero-order valence-corrected chi connectivity index (χ0v) is 15.1. The highest BCUT2D eigenvalue weighted by Crippen LogP contribution is 2.37. The number of anilines is 1. The summed E-state index contributed by atoms with van der Waals surface area (Å²) in [5.41, 5.74) is 4.61. The molecule has 1 aliphatic rings.